The van der Waals surface area contributed by atoms with Crippen molar-refractivity contribution in [2.45, 2.75) is 18.3 Å². The number of rotatable bonds is 11. The molecule has 0 saturated carbocycles. The van der Waals surface area contributed by atoms with E-state index >= 15 is 0 Å². The standard InChI is InChI=1S/C21H23FO6S/c22-16-9-11-18(12-10-16)28-13-17(23)7-5-3-1-2-4-6-8-19(24)20(25)14-29-15-21(26)27/h2,4-12,17,19-20,23-25H,13-15H2,(H,26,27)/b4-2+,7-5+,8-6+/t17-,19+,20+/m0/s1. The molecule has 0 amide bonds. The van der Waals surface area contributed by atoms with Gasteiger partial charge in [-0.3, -0.25) is 4.79 Å². The molecule has 1 aromatic carbocycles. The highest BCUT2D eigenvalue weighted by Crippen LogP contribution is 2.11. The van der Waals surface area contributed by atoms with Crippen molar-refractivity contribution < 1.29 is 34.3 Å². The van der Waals surface area contributed by atoms with Gasteiger partial charge in [-0.15, -0.1) is 11.8 Å². The van der Waals surface area contributed by atoms with E-state index in [-0.39, 0.29) is 23.9 Å². The molecule has 0 saturated heterocycles. The molecule has 0 bridgehead atoms. The molecule has 0 radical (unpaired) electrons. The van der Waals surface area contributed by atoms with Gasteiger partial charge in [0.1, 0.15) is 24.3 Å². The lowest BCUT2D eigenvalue weighted by Crippen LogP contribution is -2.26. The van der Waals surface area contributed by atoms with Gasteiger partial charge >= 0.3 is 5.97 Å². The third kappa shape index (κ3) is 12.5. The highest BCUT2D eigenvalue weighted by molar-refractivity contribution is 7.99. The van der Waals surface area contributed by atoms with Crippen molar-refractivity contribution in [3.63, 3.8) is 0 Å². The Hall–Kier alpha value is -2.57. The fraction of sp³-hybridized carbons (Fsp3) is 0.286. The highest BCUT2D eigenvalue weighted by atomic mass is 32.2. The summed E-state index contributed by atoms with van der Waals surface area (Å²) in [4.78, 5) is 10.4. The number of thioether (sulfide) groups is 1. The van der Waals surface area contributed by atoms with Crippen molar-refractivity contribution in [3.05, 3.63) is 66.5 Å². The van der Waals surface area contributed by atoms with Crippen LogP contribution >= 0.6 is 11.8 Å². The molecule has 0 aromatic heterocycles. The van der Waals surface area contributed by atoms with Crippen molar-refractivity contribution in [2.24, 2.45) is 0 Å². The molecule has 0 aliphatic rings. The Morgan fingerprint density at radius 1 is 1.10 bits per heavy atom. The summed E-state index contributed by atoms with van der Waals surface area (Å²) in [6.07, 6.45) is 5.85. The van der Waals surface area contributed by atoms with Gasteiger partial charge in [-0.25, -0.2) is 4.39 Å². The Bertz CT molecular complexity index is 764. The lowest BCUT2D eigenvalue weighted by Gasteiger charge is -2.12. The average molecular weight is 422 g/mol. The van der Waals surface area contributed by atoms with Crippen LogP contribution in [0.3, 0.4) is 0 Å². The minimum Gasteiger partial charge on any atom is -0.491 e. The van der Waals surface area contributed by atoms with E-state index in [1.54, 1.807) is 6.08 Å². The number of hydrogen-bond donors (Lipinski definition) is 4. The summed E-state index contributed by atoms with van der Waals surface area (Å²) in [5, 5.41) is 37.6. The Balaban J connectivity index is 2.27. The number of benzene rings is 1. The highest BCUT2D eigenvalue weighted by Gasteiger charge is 2.13. The number of aliphatic hydroxyl groups excluding tert-OH is 3. The van der Waals surface area contributed by atoms with Gasteiger partial charge in [-0.05, 0) is 42.5 Å². The Kier molecular flexibility index (Phi) is 12.2. The summed E-state index contributed by atoms with van der Waals surface area (Å²) in [6, 6.07) is 5.47. The van der Waals surface area contributed by atoms with Crippen LogP contribution in [0.15, 0.2) is 60.7 Å². The molecule has 8 heteroatoms. The quantitative estimate of drug-likeness (QED) is 0.318. The van der Waals surface area contributed by atoms with Gasteiger partial charge in [-0.1, -0.05) is 30.1 Å². The van der Waals surface area contributed by atoms with Crippen LogP contribution in [0, 0.1) is 17.7 Å². The zero-order valence-electron chi connectivity index (χ0n) is 15.5. The summed E-state index contributed by atoms with van der Waals surface area (Å²) in [5.74, 6) is 4.46. The van der Waals surface area contributed by atoms with E-state index in [9.17, 15) is 24.5 Å². The Labute approximate surface area is 173 Å². The van der Waals surface area contributed by atoms with Crippen molar-refractivity contribution in [1.29, 1.82) is 0 Å². The van der Waals surface area contributed by atoms with Crippen LogP contribution in [0.4, 0.5) is 4.39 Å². The maximum atomic E-state index is 12.8. The molecule has 6 nitrogen and oxygen atoms in total. The van der Waals surface area contributed by atoms with Gasteiger partial charge in [0.15, 0.2) is 0 Å². The molecule has 0 unspecified atom stereocenters. The summed E-state index contributed by atoms with van der Waals surface area (Å²) < 4.78 is 18.1. The van der Waals surface area contributed by atoms with E-state index in [1.807, 2.05) is 0 Å². The molecule has 0 aliphatic heterocycles. The second-order valence-corrected chi connectivity index (χ2v) is 6.72. The number of aliphatic hydroxyl groups is 3. The minimum absolute atomic E-state index is 0.00730. The van der Waals surface area contributed by atoms with Crippen LogP contribution in [0.2, 0.25) is 0 Å². The summed E-state index contributed by atoms with van der Waals surface area (Å²) in [6.45, 7) is 0.00730. The number of ether oxygens (including phenoxy) is 1. The molecule has 0 spiro atoms. The molecule has 1 aromatic rings. The molecule has 3 atom stereocenters. The lowest BCUT2D eigenvalue weighted by atomic mass is 10.2. The van der Waals surface area contributed by atoms with E-state index in [0.29, 0.717) is 5.75 Å². The molecule has 0 heterocycles. The van der Waals surface area contributed by atoms with Crippen LogP contribution in [-0.4, -0.2) is 62.8 Å². The molecule has 156 valence electrons. The lowest BCUT2D eigenvalue weighted by molar-refractivity contribution is -0.133. The second kappa shape index (κ2) is 14.4. The first-order valence-electron chi connectivity index (χ1n) is 8.61. The smallest absolute Gasteiger partial charge is 0.313 e. The monoisotopic (exact) mass is 422 g/mol. The van der Waals surface area contributed by atoms with E-state index in [0.717, 1.165) is 11.8 Å². The van der Waals surface area contributed by atoms with E-state index in [2.05, 4.69) is 11.8 Å². The van der Waals surface area contributed by atoms with Gasteiger partial charge < -0.3 is 25.2 Å². The summed E-state index contributed by atoms with van der Waals surface area (Å²) >= 11 is 1.02. The number of allylic oxidation sites excluding steroid dienone is 4. The number of carboxylic acids is 1. The molecular formula is C21H23FO6S. The first-order chi connectivity index (χ1) is 13.9. The van der Waals surface area contributed by atoms with Gasteiger partial charge in [0.25, 0.3) is 0 Å². The van der Waals surface area contributed by atoms with E-state index in [1.165, 1.54) is 54.6 Å². The average Bonchev–Trinajstić information content (AvgIpc) is 2.69. The number of carbonyl (C=O) groups is 1. The van der Waals surface area contributed by atoms with Gasteiger partial charge in [0, 0.05) is 5.75 Å². The molecule has 1 rings (SSSR count). The topological polar surface area (TPSA) is 107 Å². The van der Waals surface area contributed by atoms with Crippen LogP contribution in [-0.2, 0) is 4.79 Å². The zero-order valence-corrected chi connectivity index (χ0v) is 16.3. The first-order valence-corrected chi connectivity index (χ1v) is 9.77. The minimum atomic E-state index is -1.11. The maximum Gasteiger partial charge on any atom is 0.313 e. The Morgan fingerprint density at radius 2 is 1.79 bits per heavy atom. The van der Waals surface area contributed by atoms with E-state index in [4.69, 9.17) is 9.84 Å². The van der Waals surface area contributed by atoms with E-state index < -0.39 is 24.3 Å². The number of hydrogen-bond acceptors (Lipinski definition) is 6. The second-order valence-electron chi connectivity index (χ2n) is 5.69. The van der Waals surface area contributed by atoms with Crippen molar-refractivity contribution in [1.82, 2.24) is 0 Å². The molecular weight excluding hydrogens is 399 g/mol. The van der Waals surface area contributed by atoms with Crippen LogP contribution in [0.1, 0.15) is 0 Å². The van der Waals surface area contributed by atoms with Gasteiger partial charge in [0.05, 0.1) is 18.0 Å². The molecule has 0 fully saturated rings. The summed E-state index contributed by atoms with van der Waals surface area (Å²) in [5.41, 5.74) is 0. The maximum absolute atomic E-state index is 12.8. The van der Waals surface area contributed by atoms with Crippen molar-refractivity contribution in [2.75, 3.05) is 18.1 Å². The van der Waals surface area contributed by atoms with Gasteiger partial charge in [-0.2, -0.15) is 0 Å². The fourth-order valence-corrected chi connectivity index (χ4v) is 2.53. The molecule has 29 heavy (non-hydrogen) atoms. The number of aliphatic carboxylic acids is 1. The number of carboxylic acid groups (broad SMARTS) is 1. The van der Waals surface area contributed by atoms with Crippen molar-refractivity contribution in [3.8, 4) is 17.6 Å². The summed E-state index contributed by atoms with van der Waals surface area (Å²) in [7, 11) is 0. The third-order valence-corrected chi connectivity index (χ3v) is 4.26. The number of halogens is 1. The Morgan fingerprint density at radius 3 is 2.48 bits per heavy atom. The molecule has 4 N–H and O–H groups in total. The van der Waals surface area contributed by atoms with Crippen LogP contribution in [0.5, 0.6) is 5.75 Å². The zero-order chi connectivity index (χ0) is 21.5. The van der Waals surface area contributed by atoms with Gasteiger partial charge in [0.2, 0.25) is 0 Å². The largest absolute Gasteiger partial charge is 0.491 e. The van der Waals surface area contributed by atoms with Crippen LogP contribution < -0.4 is 4.74 Å². The predicted molar refractivity (Wildman–Crippen MR) is 110 cm³/mol. The SMILES string of the molecule is O=C(O)CSC[C@@H](O)[C@H](O)/C=C/C=C/C#C/C=C/[C@H](O)COc1ccc(F)cc1. The predicted octanol–water partition coefficient (Wildman–Crippen LogP) is 1.78. The normalized spacial score (nSPS) is 14.6. The van der Waals surface area contributed by atoms with Crippen LogP contribution in [0.25, 0.3) is 0 Å². The third-order valence-electron chi connectivity index (χ3n) is 3.23. The first kappa shape index (κ1) is 24.5. The fourth-order valence-electron chi connectivity index (χ4n) is 1.80. The molecule has 0 aliphatic carbocycles. The van der Waals surface area contributed by atoms with Crippen molar-refractivity contribution >= 4 is 17.7 Å².